The molecule has 0 bridgehead atoms. The molecular weight excluding hydrogens is 337 g/mol. The molecule has 2 N–H and O–H groups in total. The fourth-order valence-corrected chi connectivity index (χ4v) is 2.80. The Hall–Kier alpha value is -1.24. The van der Waals surface area contributed by atoms with Crippen molar-refractivity contribution >= 4 is 22.0 Å². The minimum atomic E-state index is -2.91. The Morgan fingerprint density at radius 1 is 1.40 bits per heavy atom. The molecule has 0 aromatic heterocycles. The number of halogens is 4. The summed E-state index contributed by atoms with van der Waals surface area (Å²) in [7, 11) is 0. The van der Waals surface area contributed by atoms with Crippen molar-refractivity contribution in [2.45, 2.75) is 31.9 Å². The third kappa shape index (κ3) is 2.28. The van der Waals surface area contributed by atoms with Crippen LogP contribution in [0.1, 0.15) is 19.4 Å². The Morgan fingerprint density at radius 2 is 2.05 bits per heavy atom. The van der Waals surface area contributed by atoms with Gasteiger partial charge < -0.3 is 10.5 Å². The van der Waals surface area contributed by atoms with E-state index >= 15 is 0 Å². The van der Waals surface area contributed by atoms with Gasteiger partial charge in [-0.15, -0.1) is 0 Å². The van der Waals surface area contributed by atoms with Crippen molar-refractivity contribution in [3.63, 3.8) is 0 Å². The molecule has 0 fully saturated rings. The lowest BCUT2D eigenvalue weighted by molar-refractivity contribution is -0.0364. The maximum Gasteiger partial charge on any atom is 0.283 e. The van der Waals surface area contributed by atoms with Gasteiger partial charge in [0, 0.05) is 16.0 Å². The highest BCUT2D eigenvalue weighted by Gasteiger charge is 2.53. The molecule has 1 unspecified atom stereocenters. The molecule has 0 saturated heterocycles. The maximum absolute atomic E-state index is 14.1. The maximum atomic E-state index is 14.1. The predicted molar refractivity (Wildman–Crippen MR) is 73.1 cm³/mol. The Bertz CT molecular complexity index is 552. The summed E-state index contributed by atoms with van der Waals surface area (Å²) < 4.78 is 47.3. The molecule has 1 aromatic rings. The van der Waals surface area contributed by atoms with E-state index < -0.39 is 29.8 Å². The van der Waals surface area contributed by atoms with Gasteiger partial charge in [0.25, 0.3) is 12.4 Å². The summed E-state index contributed by atoms with van der Waals surface area (Å²) >= 11 is 3.16. The highest BCUT2D eigenvalue weighted by atomic mass is 79.9. The zero-order chi connectivity index (χ0) is 15.1. The summed E-state index contributed by atoms with van der Waals surface area (Å²) in [6, 6.07) is 3.53. The number of nitrogens with two attached hydrogens (primary N) is 1. The van der Waals surface area contributed by atoms with Gasteiger partial charge in [-0.05, 0) is 25.1 Å². The Kier molecular flexibility index (Phi) is 4.00. The van der Waals surface area contributed by atoms with E-state index in [1.807, 2.05) is 0 Å². The summed E-state index contributed by atoms with van der Waals surface area (Å²) in [6.45, 7) is 3.16. The van der Waals surface area contributed by atoms with Crippen LogP contribution in [0.4, 0.5) is 13.2 Å². The quantitative estimate of drug-likeness (QED) is 0.888. The second-order valence-electron chi connectivity index (χ2n) is 4.81. The van der Waals surface area contributed by atoms with Crippen LogP contribution >= 0.6 is 15.9 Å². The molecule has 1 aliphatic rings. The molecule has 0 amide bonds. The lowest BCUT2D eigenvalue weighted by Gasteiger charge is -2.41. The van der Waals surface area contributed by atoms with E-state index in [0.717, 1.165) is 6.07 Å². The van der Waals surface area contributed by atoms with E-state index in [2.05, 4.69) is 20.9 Å². The number of aliphatic imine (C=N–C) groups is 1. The number of hydrogen-bond acceptors (Lipinski definition) is 3. The monoisotopic (exact) mass is 350 g/mol. The molecule has 3 atom stereocenters. The van der Waals surface area contributed by atoms with Gasteiger partial charge in [-0.1, -0.05) is 22.9 Å². The number of rotatable bonds is 2. The smallest absolute Gasteiger partial charge is 0.283 e. The Balaban J connectivity index is 2.72. The molecule has 7 heteroatoms. The number of amidine groups is 1. The van der Waals surface area contributed by atoms with Crippen LogP contribution in [-0.2, 0) is 10.3 Å². The van der Waals surface area contributed by atoms with Gasteiger partial charge in [0.2, 0.25) is 0 Å². The molecular formula is C13H14BrF3N2O. The molecule has 20 heavy (non-hydrogen) atoms. The van der Waals surface area contributed by atoms with Crippen LogP contribution < -0.4 is 5.73 Å². The molecule has 3 nitrogen and oxygen atoms in total. The van der Waals surface area contributed by atoms with Crippen LogP contribution in [0.15, 0.2) is 27.7 Å². The largest absolute Gasteiger partial charge is 0.462 e. The van der Waals surface area contributed by atoms with Crippen LogP contribution in [0.5, 0.6) is 0 Å². The highest BCUT2D eigenvalue weighted by Crippen LogP contribution is 2.45. The van der Waals surface area contributed by atoms with Crippen molar-refractivity contribution in [3.8, 4) is 0 Å². The Morgan fingerprint density at radius 3 is 2.65 bits per heavy atom. The normalized spacial score (nSPS) is 30.1. The zero-order valence-electron chi connectivity index (χ0n) is 10.9. The van der Waals surface area contributed by atoms with Gasteiger partial charge in [-0.3, -0.25) is 0 Å². The zero-order valence-corrected chi connectivity index (χ0v) is 12.5. The molecule has 0 radical (unpaired) electrons. The van der Waals surface area contributed by atoms with Gasteiger partial charge in [0.05, 0.1) is 0 Å². The molecule has 110 valence electrons. The average Bonchev–Trinajstić information content (AvgIpc) is 2.36. The van der Waals surface area contributed by atoms with Crippen molar-refractivity contribution in [2.75, 3.05) is 0 Å². The van der Waals surface area contributed by atoms with E-state index in [9.17, 15) is 13.2 Å². The topological polar surface area (TPSA) is 47.6 Å². The summed E-state index contributed by atoms with van der Waals surface area (Å²) in [5.41, 5.74) is 3.25. The third-order valence-electron chi connectivity index (χ3n) is 3.69. The van der Waals surface area contributed by atoms with Gasteiger partial charge >= 0.3 is 0 Å². The lowest BCUT2D eigenvalue weighted by Crippen LogP contribution is -2.51. The number of nitrogens with zero attached hydrogens (tertiary/aromatic N) is 1. The number of ether oxygens (including phenoxy) is 1. The van der Waals surface area contributed by atoms with Gasteiger partial charge in [0.1, 0.15) is 11.9 Å². The van der Waals surface area contributed by atoms with Gasteiger partial charge in [-0.2, -0.15) is 0 Å². The molecule has 0 saturated carbocycles. The highest BCUT2D eigenvalue weighted by molar-refractivity contribution is 9.10. The van der Waals surface area contributed by atoms with E-state index in [4.69, 9.17) is 10.5 Å². The van der Waals surface area contributed by atoms with Crippen LogP contribution in [0.3, 0.4) is 0 Å². The lowest BCUT2D eigenvalue weighted by atomic mass is 9.76. The summed E-state index contributed by atoms with van der Waals surface area (Å²) in [5.74, 6) is -1.48. The first-order valence-electron chi connectivity index (χ1n) is 6.04. The van der Waals surface area contributed by atoms with Crippen LogP contribution in [0, 0.1) is 11.7 Å². The summed E-state index contributed by atoms with van der Waals surface area (Å²) in [5, 5.41) is 0. The first-order chi connectivity index (χ1) is 9.29. The molecule has 0 spiro atoms. The second-order valence-corrected chi connectivity index (χ2v) is 5.73. The molecule has 1 aliphatic heterocycles. The SMILES string of the molecule is CC1OC(N)=N[C@](c2cc(Br)ccc2F)(C(F)F)[C@@H]1C. The summed E-state index contributed by atoms with van der Waals surface area (Å²) in [4.78, 5) is 3.78. The first kappa shape index (κ1) is 15.2. The van der Waals surface area contributed by atoms with E-state index in [1.165, 1.54) is 12.1 Å². The van der Waals surface area contributed by atoms with E-state index in [0.29, 0.717) is 4.47 Å². The van der Waals surface area contributed by atoms with Crippen LogP contribution in [0.25, 0.3) is 0 Å². The fraction of sp³-hybridized carbons (Fsp3) is 0.462. The predicted octanol–water partition coefficient (Wildman–Crippen LogP) is 3.42. The van der Waals surface area contributed by atoms with Gasteiger partial charge in [-0.25, -0.2) is 18.2 Å². The van der Waals surface area contributed by atoms with E-state index in [-0.39, 0.29) is 11.6 Å². The van der Waals surface area contributed by atoms with Crippen LogP contribution in [0.2, 0.25) is 0 Å². The van der Waals surface area contributed by atoms with Crippen molar-refractivity contribution < 1.29 is 17.9 Å². The molecule has 2 rings (SSSR count). The van der Waals surface area contributed by atoms with Gasteiger partial charge in [0.15, 0.2) is 5.54 Å². The standard InChI is InChI=1S/C13H14BrF3N2O/c1-6-7(2)20-12(18)19-13(6,11(16)17)9-5-8(14)3-4-10(9)15/h3-7,11H,1-2H3,(H2,18,19)/t6-,7?,13-/m1/s1. The van der Waals surface area contributed by atoms with E-state index in [1.54, 1.807) is 13.8 Å². The van der Waals surface area contributed by atoms with Crippen molar-refractivity contribution in [2.24, 2.45) is 16.6 Å². The van der Waals surface area contributed by atoms with Crippen molar-refractivity contribution in [1.82, 2.24) is 0 Å². The number of benzene rings is 1. The average molecular weight is 351 g/mol. The molecule has 1 aromatic carbocycles. The van der Waals surface area contributed by atoms with Crippen molar-refractivity contribution in [3.05, 3.63) is 34.1 Å². The number of alkyl halides is 2. The third-order valence-corrected chi connectivity index (χ3v) is 4.19. The molecule has 0 aliphatic carbocycles. The first-order valence-corrected chi connectivity index (χ1v) is 6.84. The minimum Gasteiger partial charge on any atom is -0.462 e. The number of hydrogen-bond donors (Lipinski definition) is 1. The van der Waals surface area contributed by atoms with Crippen LogP contribution in [-0.4, -0.2) is 18.6 Å². The fourth-order valence-electron chi connectivity index (χ4n) is 2.44. The molecule has 1 heterocycles. The Labute approximate surface area is 123 Å². The van der Waals surface area contributed by atoms with Crippen molar-refractivity contribution in [1.29, 1.82) is 0 Å². The summed E-state index contributed by atoms with van der Waals surface area (Å²) in [6.07, 6.45) is -3.51. The second kappa shape index (κ2) is 5.27. The minimum absolute atomic E-state index is 0.188.